The lowest BCUT2D eigenvalue weighted by Crippen LogP contribution is -2.36. The van der Waals surface area contributed by atoms with Crippen LogP contribution in [0.1, 0.15) is 37.9 Å². The van der Waals surface area contributed by atoms with Crippen molar-refractivity contribution in [1.82, 2.24) is 10.3 Å². The first kappa shape index (κ1) is 20.9. The molecule has 0 saturated carbocycles. The Morgan fingerprint density at radius 3 is 2.86 bits per heavy atom. The van der Waals surface area contributed by atoms with Gasteiger partial charge in [0.05, 0.1) is 17.3 Å². The summed E-state index contributed by atoms with van der Waals surface area (Å²) >= 11 is 6.38. The number of halogens is 1. The highest BCUT2D eigenvalue weighted by molar-refractivity contribution is 6.32. The van der Waals surface area contributed by atoms with Crippen LogP contribution in [0.2, 0.25) is 5.02 Å². The Kier molecular flexibility index (Phi) is 6.88. The van der Waals surface area contributed by atoms with Crippen molar-refractivity contribution < 1.29 is 13.9 Å². The summed E-state index contributed by atoms with van der Waals surface area (Å²) in [7, 11) is 0. The van der Waals surface area contributed by atoms with Crippen molar-refractivity contribution >= 4 is 28.5 Å². The molecule has 2 heterocycles. The molecule has 0 radical (unpaired) electrons. The molecule has 1 aromatic carbocycles. The van der Waals surface area contributed by atoms with E-state index in [4.69, 9.17) is 20.8 Å². The maximum Gasteiger partial charge on any atom is 0.336 e. The molecule has 1 N–H and O–H groups in total. The zero-order valence-electron chi connectivity index (χ0n) is 16.4. The number of aromatic nitrogens is 1. The van der Waals surface area contributed by atoms with E-state index >= 15 is 0 Å². The van der Waals surface area contributed by atoms with Gasteiger partial charge in [-0.15, -0.1) is 0 Å². The Bertz CT molecular complexity index is 1050. The second-order valence-corrected chi connectivity index (χ2v) is 7.18. The summed E-state index contributed by atoms with van der Waals surface area (Å²) < 4.78 is 11.1. The minimum absolute atomic E-state index is 0.287. The Hall–Kier alpha value is -2.86. The van der Waals surface area contributed by atoms with Crippen LogP contribution in [0, 0.1) is 0 Å². The number of carbonyl (C=O) groups excluding carboxylic acids is 1. The lowest BCUT2D eigenvalue weighted by Gasteiger charge is -2.16. The highest BCUT2D eigenvalue weighted by Gasteiger charge is 2.18. The Morgan fingerprint density at radius 2 is 2.14 bits per heavy atom. The predicted molar refractivity (Wildman–Crippen MR) is 112 cm³/mol. The number of pyridine rings is 1. The van der Waals surface area contributed by atoms with Gasteiger partial charge >= 0.3 is 5.63 Å². The molecular formula is C22H23ClN2O4. The number of hydrogen-bond acceptors (Lipinski definition) is 5. The normalized spacial score (nSPS) is 12.0. The molecule has 6 nitrogen and oxygen atoms in total. The number of aryl methyl sites for hydroxylation is 1. The van der Waals surface area contributed by atoms with Gasteiger partial charge in [-0.05, 0) is 43.5 Å². The molecule has 0 fully saturated rings. The molecule has 0 spiro atoms. The fraction of sp³-hybridized carbons (Fsp3) is 0.318. The van der Waals surface area contributed by atoms with Gasteiger partial charge in [-0.1, -0.05) is 31.0 Å². The molecule has 0 aliphatic rings. The second-order valence-electron chi connectivity index (χ2n) is 6.77. The molecule has 0 saturated heterocycles. The van der Waals surface area contributed by atoms with E-state index < -0.39 is 11.7 Å². The molecule has 29 heavy (non-hydrogen) atoms. The summed E-state index contributed by atoms with van der Waals surface area (Å²) in [6.07, 6.45) is 3.62. The van der Waals surface area contributed by atoms with Crippen molar-refractivity contribution in [2.24, 2.45) is 0 Å². The largest absolute Gasteiger partial charge is 0.479 e. The van der Waals surface area contributed by atoms with Crippen LogP contribution in [0.15, 0.2) is 51.8 Å². The lowest BCUT2D eigenvalue weighted by atomic mass is 10.0. The van der Waals surface area contributed by atoms with Gasteiger partial charge in [-0.3, -0.25) is 9.78 Å². The number of ether oxygens (including phenoxy) is 1. The standard InChI is InChI=1S/C22H23ClN2O4/c1-3-4-7-15-10-21(26)29-19-12-20(18(23)11-17(15)19)28-14(2)22(27)25-13-16-8-5-6-9-24-16/h5-6,8-12,14H,3-4,7,13H2,1-2H3,(H,25,27)/t14-/m0/s1. The number of rotatable bonds is 8. The third-order valence-corrected chi connectivity index (χ3v) is 4.82. The Labute approximate surface area is 173 Å². The molecule has 0 aliphatic carbocycles. The monoisotopic (exact) mass is 414 g/mol. The fourth-order valence-electron chi connectivity index (χ4n) is 2.96. The third kappa shape index (κ3) is 5.35. The van der Waals surface area contributed by atoms with Gasteiger partial charge in [-0.2, -0.15) is 0 Å². The maximum atomic E-state index is 12.3. The molecule has 2 aromatic heterocycles. The molecule has 1 amide bonds. The van der Waals surface area contributed by atoms with Crippen LogP contribution in [0.25, 0.3) is 11.0 Å². The summed E-state index contributed by atoms with van der Waals surface area (Å²) in [6, 6.07) is 10.3. The lowest BCUT2D eigenvalue weighted by molar-refractivity contribution is -0.127. The van der Waals surface area contributed by atoms with Gasteiger partial charge in [0.15, 0.2) is 6.10 Å². The second kappa shape index (κ2) is 9.56. The number of benzene rings is 1. The average molecular weight is 415 g/mol. The van der Waals surface area contributed by atoms with Crippen molar-refractivity contribution in [3.05, 3.63) is 69.3 Å². The van der Waals surface area contributed by atoms with Gasteiger partial charge in [0.1, 0.15) is 11.3 Å². The van der Waals surface area contributed by atoms with E-state index in [0.717, 1.165) is 35.9 Å². The number of nitrogens with zero attached hydrogens (tertiary/aromatic N) is 1. The molecule has 3 rings (SSSR count). The molecule has 0 bridgehead atoms. The number of unbranched alkanes of at least 4 members (excludes halogenated alkanes) is 1. The van der Waals surface area contributed by atoms with Crippen molar-refractivity contribution in [3.8, 4) is 5.75 Å². The van der Waals surface area contributed by atoms with E-state index in [0.29, 0.717) is 17.2 Å². The van der Waals surface area contributed by atoms with Crippen LogP contribution < -0.4 is 15.7 Å². The van der Waals surface area contributed by atoms with Crippen LogP contribution in [-0.4, -0.2) is 17.0 Å². The fourth-order valence-corrected chi connectivity index (χ4v) is 3.17. The highest BCUT2D eigenvalue weighted by atomic mass is 35.5. The Balaban J connectivity index is 1.76. The van der Waals surface area contributed by atoms with E-state index in [1.807, 2.05) is 18.2 Å². The molecule has 1 atom stereocenters. The number of hydrogen-bond donors (Lipinski definition) is 1. The first-order valence-electron chi connectivity index (χ1n) is 9.58. The minimum atomic E-state index is -0.788. The van der Waals surface area contributed by atoms with Crippen LogP contribution in [0.3, 0.4) is 0 Å². The summed E-state index contributed by atoms with van der Waals surface area (Å²) in [5.74, 6) is -0.0135. The van der Waals surface area contributed by atoms with E-state index in [2.05, 4.69) is 17.2 Å². The quantitative estimate of drug-likeness (QED) is 0.557. The van der Waals surface area contributed by atoms with Gasteiger partial charge in [0.2, 0.25) is 0 Å². The molecule has 152 valence electrons. The van der Waals surface area contributed by atoms with Gasteiger partial charge in [0, 0.05) is 23.7 Å². The van der Waals surface area contributed by atoms with Gasteiger partial charge in [-0.25, -0.2) is 4.79 Å². The van der Waals surface area contributed by atoms with Crippen molar-refractivity contribution in [1.29, 1.82) is 0 Å². The zero-order valence-corrected chi connectivity index (χ0v) is 17.2. The Morgan fingerprint density at radius 1 is 1.31 bits per heavy atom. The molecule has 3 aromatic rings. The molecule has 7 heteroatoms. The van der Waals surface area contributed by atoms with Crippen molar-refractivity contribution in [2.45, 2.75) is 45.8 Å². The van der Waals surface area contributed by atoms with Crippen LogP contribution in [0.5, 0.6) is 5.75 Å². The first-order valence-corrected chi connectivity index (χ1v) is 9.96. The molecular weight excluding hydrogens is 392 g/mol. The predicted octanol–water partition coefficient (Wildman–Crippen LogP) is 4.27. The number of amides is 1. The average Bonchev–Trinajstić information content (AvgIpc) is 2.72. The number of carbonyl (C=O) groups is 1. The van der Waals surface area contributed by atoms with Gasteiger partial charge in [0.25, 0.3) is 5.91 Å². The molecule has 0 aliphatic heterocycles. The van der Waals surface area contributed by atoms with E-state index in [-0.39, 0.29) is 11.7 Å². The summed E-state index contributed by atoms with van der Waals surface area (Å²) in [6.45, 7) is 4.02. The first-order chi connectivity index (χ1) is 14.0. The maximum absolute atomic E-state index is 12.3. The SMILES string of the molecule is CCCCc1cc(=O)oc2cc(O[C@@H](C)C(=O)NCc3ccccn3)c(Cl)cc12. The van der Waals surface area contributed by atoms with E-state index in [1.54, 1.807) is 25.3 Å². The highest BCUT2D eigenvalue weighted by Crippen LogP contribution is 2.32. The summed E-state index contributed by atoms with van der Waals surface area (Å²) in [5, 5.41) is 3.91. The zero-order chi connectivity index (χ0) is 20.8. The molecule has 0 unspecified atom stereocenters. The van der Waals surface area contributed by atoms with Gasteiger partial charge < -0.3 is 14.5 Å². The van der Waals surface area contributed by atoms with Crippen LogP contribution >= 0.6 is 11.6 Å². The van der Waals surface area contributed by atoms with E-state index in [9.17, 15) is 9.59 Å². The smallest absolute Gasteiger partial charge is 0.336 e. The summed E-state index contributed by atoms with van der Waals surface area (Å²) in [5.41, 5.74) is 1.62. The number of fused-ring (bicyclic) bond motifs is 1. The summed E-state index contributed by atoms with van der Waals surface area (Å²) in [4.78, 5) is 28.4. The van der Waals surface area contributed by atoms with Crippen molar-refractivity contribution in [2.75, 3.05) is 0 Å². The third-order valence-electron chi connectivity index (χ3n) is 4.53. The topological polar surface area (TPSA) is 81.4 Å². The van der Waals surface area contributed by atoms with Crippen LogP contribution in [-0.2, 0) is 17.8 Å². The van der Waals surface area contributed by atoms with Crippen LogP contribution in [0.4, 0.5) is 0 Å². The van der Waals surface area contributed by atoms with Crippen molar-refractivity contribution in [3.63, 3.8) is 0 Å². The van der Waals surface area contributed by atoms with E-state index in [1.165, 1.54) is 6.07 Å². The minimum Gasteiger partial charge on any atom is -0.479 e. The number of nitrogens with one attached hydrogen (secondary N) is 1.